The molecule has 142 valence electrons. The average Bonchev–Trinajstić information content (AvgIpc) is 3.29. The highest BCUT2D eigenvalue weighted by Crippen LogP contribution is 2.33. The van der Waals surface area contributed by atoms with E-state index >= 15 is 0 Å². The molecule has 1 aliphatic rings. The number of pyridine rings is 1. The monoisotopic (exact) mass is 385 g/mol. The van der Waals surface area contributed by atoms with Crippen LogP contribution in [0.2, 0.25) is 0 Å². The fourth-order valence-electron chi connectivity index (χ4n) is 4.03. The second-order valence-corrected chi connectivity index (χ2v) is 8.20. The van der Waals surface area contributed by atoms with E-state index in [1.54, 1.807) is 23.1 Å². The minimum absolute atomic E-state index is 0.0476. The number of nitrogens with two attached hydrogens (primary N) is 1. The van der Waals surface area contributed by atoms with Gasteiger partial charge in [0.25, 0.3) is 5.56 Å². The molecule has 3 aromatic heterocycles. The van der Waals surface area contributed by atoms with Crippen LogP contribution in [0.25, 0.3) is 10.9 Å². The lowest BCUT2D eigenvalue weighted by Gasteiger charge is -2.26. The molecule has 3 N–H and O–H groups in total. The van der Waals surface area contributed by atoms with Crippen molar-refractivity contribution in [1.82, 2.24) is 19.7 Å². The molecule has 4 rings (SSSR count). The third kappa shape index (κ3) is 3.66. The molecule has 27 heavy (non-hydrogen) atoms. The summed E-state index contributed by atoms with van der Waals surface area (Å²) in [6.45, 7) is 0. The highest BCUT2D eigenvalue weighted by Gasteiger charge is 2.29. The van der Waals surface area contributed by atoms with Crippen molar-refractivity contribution in [2.75, 3.05) is 5.73 Å². The first-order chi connectivity index (χ1) is 13.1. The van der Waals surface area contributed by atoms with Crippen LogP contribution in [0.4, 0.5) is 5.82 Å². The van der Waals surface area contributed by atoms with Crippen LogP contribution in [0.15, 0.2) is 28.6 Å². The standard InChI is InChI=1S/C19H23N5O2S/c20-18-17-13(6-7-22-19(17)26)23-24(18)14(10-12-4-2-1-3-5-12)15(25)11-16-21-8-9-27-16/h6-9,12,14H,1-5,10-11,20H2,(H,22,26). The fraction of sp³-hybridized carbons (Fsp3) is 0.474. The van der Waals surface area contributed by atoms with Crippen molar-refractivity contribution in [3.63, 3.8) is 0 Å². The maximum absolute atomic E-state index is 13.2. The topological polar surface area (TPSA) is 107 Å². The number of hydrogen-bond donors (Lipinski definition) is 2. The van der Waals surface area contributed by atoms with Gasteiger partial charge in [0.1, 0.15) is 22.8 Å². The first kappa shape index (κ1) is 17.9. The summed E-state index contributed by atoms with van der Waals surface area (Å²) >= 11 is 1.47. The molecular formula is C19H23N5O2S. The Morgan fingerprint density at radius 1 is 1.37 bits per heavy atom. The van der Waals surface area contributed by atoms with Gasteiger partial charge in [-0.15, -0.1) is 11.3 Å². The van der Waals surface area contributed by atoms with Crippen molar-refractivity contribution in [2.24, 2.45) is 5.92 Å². The minimum atomic E-state index is -0.469. The van der Waals surface area contributed by atoms with Gasteiger partial charge in [-0.25, -0.2) is 9.67 Å². The normalized spacial score (nSPS) is 16.6. The molecule has 3 aromatic rings. The number of rotatable bonds is 6. The summed E-state index contributed by atoms with van der Waals surface area (Å²) in [4.78, 5) is 32.2. The zero-order valence-corrected chi connectivity index (χ0v) is 15.9. The summed E-state index contributed by atoms with van der Waals surface area (Å²) in [5.74, 6) is 0.792. The number of nitrogen functional groups attached to an aromatic ring is 1. The van der Waals surface area contributed by atoms with Gasteiger partial charge in [0.2, 0.25) is 0 Å². The zero-order valence-electron chi connectivity index (χ0n) is 15.1. The predicted molar refractivity (Wildman–Crippen MR) is 106 cm³/mol. The van der Waals surface area contributed by atoms with Crippen molar-refractivity contribution < 1.29 is 4.79 Å². The maximum Gasteiger partial charge on any atom is 0.261 e. The average molecular weight is 385 g/mol. The number of anilines is 1. The van der Waals surface area contributed by atoms with Gasteiger partial charge in [-0.2, -0.15) is 5.10 Å². The lowest BCUT2D eigenvalue weighted by atomic mass is 9.83. The zero-order chi connectivity index (χ0) is 18.8. The third-order valence-electron chi connectivity index (χ3n) is 5.41. The van der Waals surface area contributed by atoms with Crippen LogP contribution in [0.3, 0.4) is 0 Å². The Morgan fingerprint density at radius 2 is 2.19 bits per heavy atom. The largest absolute Gasteiger partial charge is 0.383 e. The van der Waals surface area contributed by atoms with E-state index in [1.165, 1.54) is 30.6 Å². The number of nitrogens with zero attached hydrogens (tertiary/aromatic N) is 3. The summed E-state index contributed by atoms with van der Waals surface area (Å²) in [6.07, 6.45) is 10.2. The van der Waals surface area contributed by atoms with Gasteiger partial charge in [-0.3, -0.25) is 9.59 Å². The quantitative estimate of drug-likeness (QED) is 0.678. The van der Waals surface area contributed by atoms with Crippen LogP contribution in [-0.2, 0) is 11.2 Å². The molecule has 0 bridgehead atoms. The molecule has 8 heteroatoms. The molecule has 1 fully saturated rings. The van der Waals surface area contributed by atoms with E-state index in [4.69, 9.17) is 5.73 Å². The Kier molecular flexibility index (Phi) is 5.07. The molecule has 0 radical (unpaired) electrons. The first-order valence-electron chi connectivity index (χ1n) is 9.40. The van der Waals surface area contributed by atoms with Gasteiger partial charge < -0.3 is 10.7 Å². The number of fused-ring (bicyclic) bond motifs is 1. The number of carbonyl (C=O) groups excluding carboxylic acids is 1. The number of nitrogens with one attached hydrogen (secondary N) is 1. The molecule has 1 aliphatic carbocycles. The number of H-pyrrole nitrogens is 1. The maximum atomic E-state index is 13.2. The van der Waals surface area contributed by atoms with Crippen LogP contribution in [-0.4, -0.2) is 25.5 Å². The van der Waals surface area contributed by atoms with Gasteiger partial charge in [-0.05, 0) is 18.4 Å². The summed E-state index contributed by atoms with van der Waals surface area (Å²) in [7, 11) is 0. The van der Waals surface area contributed by atoms with E-state index in [9.17, 15) is 9.59 Å². The highest BCUT2D eigenvalue weighted by molar-refractivity contribution is 7.09. The number of hydrogen-bond acceptors (Lipinski definition) is 6. The van der Waals surface area contributed by atoms with Gasteiger partial charge in [0, 0.05) is 17.8 Å². The fourth-order valence-corrected chi connectivity index (χ4v) is 4.66. The van der Waals surface area contributed by atoms with Gasteiger partial charge in [-0.1, -0.05) is 32.1 Å². The number of aromatic amines is 1. The van der Waals surface area contributed by atoms with Crippen molar-refractivity contribution in [1.29, 1.82) is 0 Å². The SMILES string of the molecule is Nc1c2c(=O)[nH]ccc2nn1C(CC1CCCCC1)C(=O)Cc1nccs1. The molecule has 0 saturated heterocycles. The van der Waals surface area contributed by atoms with Crippen LogP contribution in [0.1, 0.15) is 49.6 Å². The minimum Gasteiger partial charge on any atom is -0.383 e. The van der Waals surface area contributed by atoms with E-state index in [0.29, 0.717) is 23.2 Å². The van der Waals surface area contributed by atoms with Crippen molar-refractivity contribution in [3.05, 3.63) is 39.2 Å². The van der Waals surface area contributed by atoms with E-state index in [-0.39, 0.29) is 23.6 Å². The van der Waals surface area contributed by atoms with Crippen LogP contribution in [0.5, 0.6) is 0 Å². The van der Waals surface area contributed by atoms with Crippen molar-refractivity contribution in [2.45, 2.75) is 51.0 Å². The lowest BCUT2D eigenvalue weighted by Crippen LogP contribution is -2.27. The summed E-state index contributed by atoms with van der Waals surface area (Å²) < 4.78 is 1.57. The molecule has 0 aromatic carbocycles. The second kappa shape index (κ2) is 7.64. The van der Waals surface area contributed by atoms with Gasteiger partial charge >= 0.3 is 0 Å². The molecule has 1 atom stereocenters. The molecule has 3 heterocycles. The molecule has 1 unspecified atom stereocenters. The van der Waals surface area contributed by atoms with Gasteiger partial charge in [0.15, 0.2) is 5.78 Å². The molecule has 0 aliphatic heterocycles. The molecule has 0 amide bonds. The number of thiazole rings is 1. The molecule has 0 spiro atoms. The first-order valence-corrected chi connectivity index (χ1v) is 10.3. The number of carbonyl (C=O) groups is 1. The number of Topliss-reactive ketones (excluding diaryl/α,β-unsaturated/α-hetero) is 1. The van der Waals surface area contributed by atoms with Crippen LogP contribution in [0, 0.1) is 5.92 Å². The Hall–Kier alpha value is -2.48. The molecule has 7 nitrogen and oxygen atoms in total. The summed E-state index contributed by atoms with van der Waals surface area (Å²) in [5, 5.41) is 7.54. The predicted octanol–water partition coefficient (Wildman–Crippen LogP) is 3.09. The second-order valence-electron chi connectivity index (χ2n) is 7.22. The molecular weight excluding hydrogens is 362 g/mol. The lowest BCUT2D eigenvalue weighted by molar-refractivity contribution is -0.122. The third-order valence-corrected chi connectivity index (χ3v) is 6.19. The number of aromatic nitrogens is 4. The number of ketones is 1. The van der Waals surface area contributed by atoms with Crippen LogP contribution < -0.4 is 11.3 Å². The van der Waals surface area contributed by atoms with Crippen LogP contribution >= 0.6 is 11.3 Å². The summed E-state index contributed by atoms with van der Waals surface area (Å²) in [6, 6.07) is 1.25. The van der Waals surface area contributed by atoms with E-state index in [0.717, 1.165) is 17.8 Å². The highest BCUT2D eigenvalue weighted by atomic mass is 32.1. The Bertz CT molecular complexity index is 985. The smallest absolute Gasteiger partial charge is 0.261 e. The van der Waals surface area contributed by atoms with E-state index in [2.05, 4.69) is 15.1 Å². The van der Waals surface area contributed by atoms with E-state index < -0.39 is 6.04 Å². The molecule has 1 saturated carbocycles. The Balaban J connectivity index is 1.70. The Morgan fingerprint density at radius 3 is 2.89 bits per heavy atom. The van der Waals surface area contributed by atoms with Crippen molar-refractivity contribution in [3.8, 4) is 0 Å². The van der Waals surface area contributed by atoms with Crippen molar-refractivity contribution >= 4 is 33.8 Å². The Labute approximate surface area is 160 Å². The van der Waals surface area contributed by atoms with Gasteiger partial charge in [0.05, 0.1) is 11.4 Å². The van der Waals surface area contributed by atoms with E-state index in [1.807, 2.05) is 5.38 Å². The summed E-state index contributed by atoms with van der Waals surface area (Å²) in [5.41, 5.74) is 6.51.